The largest absolute Gasteiger partial charge is 0.439 e. The predicted molar refractivity (Wildman–Crippen MR) is 91.0 cm³/mol. The second-order valence-electron chi connectivity index (χ2n) is 6.71. The molecule has 2 heterocycles. The van der Waals surface area contributed by atoms with Crippen molar-refractivity contribution in [1.29, 1.82) is 0 Å². The minimum atomic E-state index is -0.487. The molecule has 2 aliphatic rings. The fourth-order valence-electron chi connectivity index (χ4n) is 3.18. The van der Waals surface area contributed by atoms with Crippen LogP contribution >= 0.6 is 0 Å². The van der Waals surface area contributed by atoms with Crippen molar-refractivity contribution in [2.75, 3.05) is 13.1 Å². The standard InChI is InChI=1S/C19H21N3O2/c20-19(23)15-4-6-18(21-10-15)24-17-5-3-16-12-22(11-13-1-2-13)8-7-14(16)9-17/h3-6,9-10,13H,1-2,7-8,11-12H2,(H2,20,23). The second kappa shape index (κ2) is 6.24. The first-order valence-corrected chi connectivity index (χ1v) is 8.45. The summed E-state index contributed by atoms with van der Waals surface area (Å²) in [5, 5.41) is 0. The van der Waals surface area contributed by atoms with Gasteiger partial charge in [-0.05, 0) is 54.5 Å². The number of pyridine rings is 1. The Morgan fingerprint density at radius 1 is 1.25 bits per heavy atom. The van der Waals surface area contributed by atoms with E-state index < -0.39 is 5.91 Å². The maximum absolute atomic E-state index is 11.1. The summed E-state index contributed by atoms with van der Waals surface area (Å²) in [5.41, 5.74) is 8.34. The van der Waals surface area contributed by atoms with Crippen molar-refractivity contribution < 1.29 is 9.53 Å². The Balaban J connectivity index is 1.44. The van der Waals surface area contributed by atoms with Crippen LogP contribution in [0, 0.1) is 5.92 Å². The number of benzene rings is 1. The predicted octanol–water partition coefficient (Wildman–Crippen LogP) is 2.74. The Hall–Kier alpha value is -2.40. The highest BCUT2D eigenvalue weighted by Gasteiger charge is 2.26. The molecule has 4 rings (SSSR count). The van der Waals surface area contributed by atoms with Crippen LogP contribution in [0.25, 0.3) is 0 Å². The average molecular weight is 323 g/mol. The zero-order chi connectivity index (χ0) is 16.5. The normalized spacial score (nSPS) is 17.3. The molecule has 5 heteroatoms. The van der Waals surface area contributed by atoms with E-state index in [0.29, 0.717) is 11.4 Å². The van der Waals surface area contributed by atoms with Gasteiger partial charge in [-0.1, -0.05) is 6.07 Å². The van der Waals surface area contributed by atoms with Crippen LogP contribution in [0.5, 0.6) is 11.6 Å². The Morgan fingerprint density at radius 3 is 2.83 bits per heavy atom. The number of amides is 1. The maximum atomic E-state index is 11.1. The van der Waals surface area contributed by atoms with Crippen LogP contribution < -0.4 is 10.5 Å². The van der Waals surface area contributed by atoms with Gasteiger partial charge in [0.05, 0.1) is 5.56 Å². The summed E-state index contributed by atoms with van der Waals surface area (Å²) < 4.78 is 5.80. The van der Waals surface area contributed by atoms with Gasteiger partial charge < -0.3 is 10.5 Å². The smallest absolute Gasteiger partial charge is 0.250 e. The average Bonchev–Trinajstić information content (AvgIpc) is 3.39. The molecule has 1 saturated carbocycles. The van der Waals surface area contributed by atoms with Gasteiger partial charge in [0.2, 0.25) is 11.8 Å². The van der Waals surface area contributed by atoms with Crippen LogP contribution in [-0.4, -0.2) is 28.9 Å². The minimum absolute atomic E-state index is 0.378. The van der Waals surface area contributed by atoms with Crippen molar-refractivity contribution in [1.82, 2.24) is 9.88 Å². The van der Waals surface area contributed by atoms with Crippen LogP contribution in [0.2, 0.25) is 0 Å². The van der Waals surface area contributed by atoms with Gasteiger partial charge in [0.15, 0.2) is 0 Å². The van der Waals surface area contributed by atoms with Gasteiger partial charge in [-0.2, -0.15) is 0 Å². The van der Waals surface area contributed by atoms with Crippen LogP contribution in [0.4, 0.5) is 0 Å². The Bertz CT molecular complexity index is 754. The summed E-state index contributed by atoms with van der Waals surface area (Å²) in [6, 6.07) is 9.54. The fraction of sp³-hybridized carbons (Fsp3) is 0.368. The Kier molecular flexibility index (Phi) is 3.94. The molecule has 124 valence electrons. The Labute approximate surface area is 141 Å². The number of aromatic nitrogens is 1. The number of carbonyl (C=O) groups excluding carboxylic acids is 1. The number of ether oxygens (including phenoxy) is 1. The molecule has 2 aromatic rings. The number of nitrogens with zero attached hydrogens (tertiary/aromatic N) is 2. The minimum Gasteiger partial charge on any atom is -0.439 e. The summed E-state index contributed by atoms with van der Waals surface area (Å²) in [6.45, 7) is 3.41. The summed E-state index contributed by atoms with van der Waals surface area (Å²) in [6.07, 6.45) is 5.30. The molecule has 24 heavy (non-hydrogen) atoms. The fourth-order valence-corrected chi connectivity index (χ4v) is 3.18. The van der Waals surface area contributed by atoms with Crippen molar-refractivity contribution in [2.45, 2.75) is 25.8 Å². The van der Waals surface area contributed by atoms with Gasteiger partial charge in [-0.15, -0.1) is 0 Å². The third-order valence-electron chi connectivity index (χ3n) is 4.73. The van der Waals surface area contributed by atoms with Crippen LogP contribution in [0.15, 0.2) is 36.5 Å². The molecule has 0 bridgehead atoms. The van der Waals surface area contributed by atoms with Gasteiger partial charge in [-0.3, -0.25) is 9.69 Å². The van der Waals surface area contributed by atoms with Crippen molar-refractivity contribution in [3.63, 3.8) is 0 Å². The molecule has 1 aromatic heterocycles. The molecule has 1 aliphatic heterocycles. The topological polar surface area (TPSA) is 68.5 Å². The van der Waals surface area contributed by atoms with Crippen LogP contribution in [-0.2, 0) is 13.0 Å². The number of fused-ring (bicyclic) bond motifs is 1. The molecule has 1 fully saturated rings. The molecule has 2 N–H and O–H groups in total. The van der Waals surface area contributed by atoms with E-state index in [1.807, 2.05) is 6.07 Å². The molecular weight excluding hydrogens is 302 g/mol. The first kappa shape index (κ1) is 15.1. The zero-order valence-corrected chi connectivity index (χ0v) is 13.6. The number of nitrogens with two attached hydrogens (primary N) is 1. The summed E-state index contributed by atoms with van der Waals surface area (Å²) in [5.74, 6) is 1.69. The van der Waals surface area contributed by atoms with Crippen molar-refractivity contribution >= 4 is 5.91 Å². The molecule has 5 nitrogen and oxygen atoms in total. The lowest BCUT2D eigenvalue weighted by molar-refractivity contribution is 0.1000. The molecule has 0 spiro atoms. The van der Waals surface area contributed by atoms with Gasteiger partial charge in [-0.25, -0.2) is 4.98 Å². The monoisotopic (exact) mass is 323 g/mol. The van der Waals surface area contributed by atoms with Gasteiger partial charge >= 0.3 is 0 Å². The summed E-state index contributed by atoms with van der Waals surface area (Å²) in [7, 11) is 0. The van der Waals surface area contributed by atoms with E-state index in [4.69, 9.17) is 10.5 Å². The molecular formula is C19H21N3O2. The molecule has 1 aromatic carbocycles. The Morgan fingerprint density at radius 2 is 2.12 bits per heavy atom. The number of hydrogen-bond acceptors (Lipinski definition) is 4. The summed E-state index contributed by atoms with van der Waals surface area (Å²) >= 11 is 0. The highest BCUT2D eigenvalue weighted by atomic mass is 16.5. The van der Waals surface area contributed by atoms with E-state index in [-0.39, 0.29) is 0 Å². The van der Waals surface area contributed by atoms with Crippen molar-refractivity contribution in [3.8, 4) is 11.6 Å². The van der Waals surface area contributed by atoms with E-state index in [2.05, 4.69) is 22.0 Å². The quantitative estimate of drug-likeness (QED) is 0.918. The van der Waals surface area contributed by atoms with Gasteiger partial charge in [0.25, 0.3) is 0 Å². The SMILES string of the molecule is NC(=O)c1ccc(Oc2ccc3c(c2)CCN(CC2CC2)C3)nc1. The molecule has 1 amide bonds. The lowest BCUT2D eigenvalue weighted by atomic mass is 9.99. The van der Waals surface area contributed by atoms with Crippen molar-refractivity contribution in [3.05, 3.63) is 53.2 Å². The molecule has 1 aliphatic carbocycles. The van der Waals surface area contributed by atoms with E-state index in [0.717, 1.165) is 31.2 Å². The van der Waals surface area contributed by atoms with E-state index in [1.54, 1.807) is 12.1 Å². The first-order chi connectivity index (χ1) is 11.7. The van der Waals surface area contributed by atoms with Gasteiger partial charge in [0, 0.05) is 31.9 Å². The molecule has 0 radical (unpaired) electrons. The lowest BCUT2D eigenvalue weighted by Crippen LogP contribution is -2.32. The third kappa shape index (κ3) is 3.41. The number of carbonyl (C=O) groups is 1. The summed E-state index contributed by atoms with van der Waals surface area (Å²) in [4.78, 5) is 17.8. The molecule has 0 unspecified atom stereocenters. The molecule has 0 atom stereocenters. The first-order valence-electron chi connectivity index (χ1n) is 8.45. The van der Waals surface area contributed by atoms with Crippen LogP contribution in [0.1, 0.15) is 34.3 Å². The van der Waals surface area contributed by atoms with Crippen LogP contribution in [0.3, 0.4) is 0 Å². The van der Waals surface area contributed by atoms with Gasteiger partial charge in [0.1, 0.15) is 5.75 Å². The van der Waals surface area contributed by atoms with E-state index in [1.165, 1.54) is 36.7 Å². The van der Waals surface area contributed by atoms with Crippen molar-refractivity contribution in [2.24, 2.45) is 11.7 Å². The highest BCUT2D eigenvalue weighted by Crippen LogP contribution is 2.32. The number of hydrogen-bond donors (Lipinski definition) is 1. The third-order valence-corrected chi connectivity index (χ3v) is 4.73. The second-order valence-corrected chi connectivity index (χ2v) is 6.71. The highest BCUT2D eigenvalue weighted by molar-refractivity contribution is 5.92. The lowest BCUT2D eigenvalue weighted by Gasteiger charge is -2.29. The van der Waals surface area contributed by atoms with E-state index in [9.17, 15) is 4.79 Å². The maximum Gasteiger partial charge on any atom is 0.250 e. The zero-order valence-electron chi connectivity index (χ0n) is 13.6. The molecule has 0 saturated heterocycles. The number of primary amides is 1. The number of rotatable bonds is 5. The van der Waals surface area contributed by atoms with E-state index >= 15 is 0 Å².